The number of benzene rings is 2. The number of carbonyl (C=O) groups excluding carboxylic acids is 1. The summed E-state index contributed by atoms with van der Waals surface area (Å²) in [6.45, 7) is 1.94. The van der Waals surface area contributed by atoms with Crippen LogP contribution < -0.4 is 0 Å². The Labute approximate surface area is 137 Å². The number of esters is 1. The molecule has 122 valence electrons. The number of aliphatic hydroxyl groups is 1. The summed E-state index contributed by atoms with van der Waals surface area (Å²) in [7, 11) is 3.68. The molecule has 2 aromatic carbocycles. The first-order valence-electron chi connectivity index (χ1n) is 7.68. The van der Waals surface area contributed by atoms with Gasteiger partial charge in [-0.1, -0.05) is 60.7 Å². The Balaban J connectivity index is 2.61. The molecular formula is C19H23NO3. The van der Waals surface area contributed by atoms with Gasteiger partial charge >= 0.3 is 5.97 Å². The van der Waals surface area contributed by atoms with Crippen LogP contribution in [0, 0.1) is 0 Å². The largest absolute Gasteiger partial charge is 0.464 e. The predicted molar refractivity (Wildman–Crippen MR) is 89.8 cm³/mol. The van der Waals surface area contributed by atoms with Crippen LogP contribution in [0.1, 0.15) is 24.1 Å². The van der Waals surface area contributed by atoms with Crippen molar-refractivity contribution in [2.24, 2.45) is 0 Å². The van der Waals surface area contributed by atoms with E-state index >= 15 is 0 Å². The summed E-state index contributed by atoms with van der Waals surface area (Å²) in [5.74, 6) is -0.645. The minimum Gasteiger partial charge on any atom is -0.464 e. The molecule has 2 aromatic rings. The fourth-order valence-corrected chi connectivity index (χ4v) is 2.87. The average molecular weight is 313 g/mol. The zero-order valence-corrected chi connectivity index (χ0v) is 13.8. The first kappa shape index (κ1) is 17.2. The maximum absolute atomic E-state index is 12.7. The van der Waals surface area contributed by atoms with Crippen LogP contribution in [0.25, 0.3) is 0 Å². The fourth-order valence-electron chi connectivity index (χ4n) is 2.87. The second-order valence-corrected chi connectivity index (χ2v) is 5.63. The second-order valence-electron chi connectivity index (χ2n) is 5.63. The molecule has 4 nitrogen and oxygen atoms in total. The van der Waals surface area contributed by atoms with E-state index < -0.39 is 17.6 Å². The lowest BCUT2D eigenvalue weighted by Gasteiger charge is -2.38. The van der Waals surface area contributed by atoms with Crippen LogP contribution in [0.5, 0.6) is 0 Å². The van der Waals surface area contributed by atoms with Crippen molar-refractivity contribution in [1.29, 1.82) is 0 Å². The van der Waals surface area contributed by atoms with E-state index in [0.717, 1.165) is 5.56 Å². The summed E-state index contributed by atoms with van der Waals surface area (Å²) >= 11 is 0. The number of hydrogen-bond acceptors (Lipinski definition) is 4. The molecule has 2 atom stereocenters. The van der Waals surface area contributed by atoms with E-state index in [2.05, 4.69) is 0 Å². The van der Waals surface area contributed by atoms with Crippen molar-refractivity contribution in [2.45, 2.75) is 18.6 Å². The highest BCUT2D eigenvalue weighted by Gasteiger charge is 2.48. The summed E-state index contributed by atoms with van der Waals surface area (Å²) < 4.78 is 5.20. The van der Waals surface area contributed by atoms with Crippen LogP contribution in [-0.4, -0.2) is 36.7 Å². The highest BCUT2D eigenvalue weighted by molar-refractivity contribution is 5.82. The van der Waals surface area contributed by atoms with E-state index in [1.165, 1.54) is 0 Å². The third-order valence-corrected chi connectivity index (χ3v) is 3.83. The van der Waals surface area contributed by atoms with Crippen molar-refractivity contribution >= 4 is 5.97 Å². The topological polar surface area (TPSA) is 49.8 Å². The Morgan fingerprint density at radius 1 is 1.09 bits per heavy atom. The molecule has 2 rings (SSSR count). The minimum atomic E-state index is -1.79. The number of rotatable bonds is 6. The molecule has 0 bridgehead atoms. The van der Waals surface area contributed by atoms with Gasteiger partial charge < -0.3 is 9.84 Å². The number of ether oxygens (including phenoxy) is 1. The Kier molecular flexibility index (Phi) is 5.53. The minimum absolute atomic E-state index is 0.211. The summed E-state index contributed by atoms with van der Waals surface area (Å²) in [6.07, 6.45) is 0. The molecule has 0 radical (unpaired) electrons. The normalized spacial score (nSPS) is 15.0. The molecule has 1 N–H and O–H groups in total. The molecule has 0 aliphatic carbocycles. The van der Waals surface area contributed by atoms with Gasteiger partial charge in [0.05, 0.1) is 12.6 Å². The molecule has 0 heterocycles. The van der Waals surface area contributed by atoms with Crippen molar-refractivity contribution in [3.05, 3.63) is 71.8 Å². The molecule has 0 aliphatic rings. The number of carbonyl (C=O) groups is 1. The molecular weight excluding hydrogens is 290 g/mol. The lowest BCUT2D eigenvalue weighted by Crippen LogP contribution is -2.48. The van der Waals surface area contributed by atoms with Gasteiger partial charge in [-0.2, -0.15) is 0 Å². The molecule has 0 saturated heterocycles. The number of likely N-dealkylation sites (N-methyl/N-ethyl adjacent to an activating group) is 1. The van der Waals surface area contributed by atoms with Gasteiger partial charge in [0.2, 0.25) is 5.60 Å². The predicted octanol–water partition coefficient (Wildman–Crippen LogP) is 2.74. The second kappa shape index (κ2) is 7.40. The van der Waals surface area contributed by atoms with Crippen molar-refractivity contribution in [2.75, 3.05) is 20.7 Å². The monoisotopic (exact) mass is 313 g/mol. The lowest BCUT2D eigenvalue weighted by molar-refractivity contribution is -0.174. The Morgan fingerprint density at radius 2 is 1.61 bits per heavy atom. The lowest BCUT2D eigenvalue weighted by atomic mass is 9.81. The summed E-state index contributed by atoms with van der Waals surface area (Å²) in [5.41, 5.74) is -0.430. The average Bonchev–Trinajstić information content (AvgIpc) is 2.56. The van der Waals surface area contributed by atoms with E-state index in [9.17, 15) is 9.90 Å². The van der Waals surface area contributed by atoms with Gasteiger partial charge in [-0.15, -0.1) is 0 Å². The quantitative estimate of drug-likeness (QED) is 0.833. The van der Waals surface area contributed by atoms with Crippen LogP contribution in [0.4, 0.5) is 0 Å². The van der Waals surface area contributed by atoms with Gasteiger partial charge in [0.15, 0.2) is 0 Å². The van der Waals surface area contributed by atoms with Crippen LogP contribution in [0.3, 0.4) is 0 Å². The van der Waals surface area contributed by atoms with E-state index in [0.29, 0.717) is 5.56 Å². The Morgan fingerprint density at radius 3 is 2.09 bits per heavy atom. The van der Waals surface area contributed by atoms with Crippen molar-refractivity contribution in [3.63, 3.8) is 0 Å². The van der Waals surface area contributed by atoms with E-state index in [-0.39, 0.29) is 6.61 Å². The standard InChI is InChI=1S/C19H23NO3/c1-4-23-18(21)19(22,16-13-9-6-10-14-16)17(20(2)3)15-11-7-5-8-12-15/h5-14,17,22H,4H2,1-3H3. The fraction of sp³-hybridized carbons (Fsp3) is 0.316. The van der Waals surface area contributed by atoms with Crippen LogP contribution in [0.15, 0.2) is 60.7 Å². The number of nitrogens with zero attached hydrogens (tertiary/aromatic N) is 1. The van der Waals surface area contributed by atoms with Crippen molar-refractivity contribution in [3.8, 4) is 0 Å². The van der Waals surface area contributed by atoms with E-state index in [1.807, 2.05) is 55.4 Å². The molecule has 2 unspecified atom stereocenters. The first-order chi connectivity index (χ1) is 11.0. The van der Waals surface area contributed by atoms with Gasteiger partial charge in [-0.25, -0.2) is 4.79 Å². The summed E-state index contributed by atoms with van der Waals surface area (Å²) in [6, 6.07) is 17.9. The van der Waals surface area contributed by atoms with Crippen molar-refractivity contribution in [1.82, 2.24) is 4.90 Å². The molecule has 23 heavy (non-hydrogen) atoms. The highest BCUT2D eigenvalue weighted by Crippen LogP contribution is 2.39. The van der Waals surface area contributed by atoms with Gasteiger partial charge in [-0.05, 0) is 32.1 Å². The van der Waals surface area contributed by atoms with Crippen LogP contribution in [-0.2, 0) is 15.1 Å². The van der Waals surface area contributed by atoms with E-state index in [1.54, 1.807) is 31.2 Å². The molecule has 0 aliphatic heterocycles. The zero-order valence-electron chi connectivity index (χ0n) is 13.8. The SMILES string of the molecule is CCOC(=O)C(O)(c1ccccc1)C(c1ccccc1)N(C)C. The Hall–Kier alpha value is -2.17. The zero-order chi connectivity index (χ0) is 16.9. The highest BCUT2D eigenvalue weighted by atomic mass is 16.5. The molecule has 0 saturated carbocycles. The van der Waals surface area contributed by atoms with Gasteiger partial charge in [0, 0.05) is 0 Å². The van der Waals surface area contributed by atoms with Crippen molar-refractivity contribution < 1.29 is 14.6 Å². The summed E-state index contributed by atoms with van der Waals surface area (Å²) in [5, 5.41) is 11.4. The smallest absolute Gasteiger partial charge is 0.344 e. The Bertz CT molecular complexity index is 628. The van der Waals surface area contributed by atoms with Crippen LogP contribution in [0.2, 0.25) is 0 Å². The summed E-state index contributed by atoms with van der Waals surface area (Å²) in [4.78, 5) is 14.5. The molecule has 4 heteroatoms. The molecule has 0 aromatic heterocycles. The first-order valence-corrected chi connectivity index (χ1v) is 7.68. The van der Waals surface area contributed by atoms with E-state index in [4.69, 9.17) is 4.74 Å². The third kappa shape index (κ3) is 3.44. The maximum atomic E-state index is 12.7. The van der Waals surface area contributed by atoms with Crippen LogP contribution >= 0.6 is 0 Å². The maximum Gasteiger partial charge on any atom is 0.344 e. The van der Waals surface area contributed by atoms with Gasteiger partial charge in [0.1, 0.15) is 0 Å². The molecule has 0 amide bonds. The van der Waals surface area contributed by atoms with Gasteiger partial charge in [0.25, 0.3) is 0 Å². The number of hydrogen-bond donors (Lipinski definition) is 1. The van der Waals surface area contributed by atoms with Gasteiger partial charge in [-0.3, -0.25) is 4.90 Å². The molecule has 0 fully saturated rings. The third-order valence-electron chi connectivity index (χ3n) is 3.83. The molecule has 0 spiro atoms.